The lowest BCUT2D eigenvalue weighted by molar-refractivity contribution is -0.136. The normalized spacial score (nSPS) is 17.7. The maximum absolute atomic E-state index is 12.6. The third kappa shape index (κ3) is 6.17. The van der Waals surface area contributed by atoms with Gasteiger partial charge in [-0.1, -0.05) is 25.4 Å². The molecule has 1 fully saturated rings. The number of halogens is 1. The zero-order valence-electron chi connectivity index (χ0n) is 14.7. The fourth-order valence-corrected chi connectivity index (χ4v) is 3.44. The van der Waals surface area contributed by atoms with Crippen LogP contribution in [0.1, 0.15) is 32.3 Å². The molecule has 0 aliphatic carbocycles. The van der Waals surface area contributed by atoms with Gasteiger partial charge in [-0.05, 0) is 31.0 Å². The van der Waals surface area contributed by atoms with E-state index in [1.807, 2.05) is 13.8 Å². The molecule has 1 atom stereocenters. The number of nitrogens with zero attached hydrogens (tertiary/aromatic N) is 1. The van der Waals surface area contributed by atoms with Gasteiger partial charge in [-0.3, -0.25) is 4.79 Å². The topological polar surface area (TPSA) is 72.9 Å². The molecule has 1 heterocycles. The van der Waals surface area contributed by atoms with Gasteiger partial charge in [-0.2, -0.15) is 8.42 Å². The zero-order chi connectivity index (χ0) is 18.6. The van der Waals surface area contributed by atoms with Gasteiger partial charge >= 0.3 is 10.1 Å². The average molecular weight is 390 g/mol. The summed E-state index contributed by atoms with van der Waals surface area (Å²) >= 11 is 6.05. The summed E-state index contributed by atoms with van der Waals surface area (Å²) in [7, 11) is -3.68. The Bertz CT molecular complexity index is 714. The maximum Gasteiger partial charge on any atom is 0.306 e. The second-order valence-electron chi connectivity index (χ2n) is 6.55. The number of ether oxygens (including phenoxy) is 1. The van der Waals surface area contributed by atoms with Crippen LogP contribution in [0, 0.1) is 5.92 Å². The summed E-state index contributed by atoms with van der Waals surface area (Å²) < 4.78 is 33.7. The molecule has 1 saturated heterocycles. The first-order valence-corrected chi connectivity index (χ1v) is 10.4. The molecule has 1 aliphatic rings. The van der Waals surface area contributed by atoms with Crippen molar-refractivity contribution in [3.05, 3.63) is 28.8 Å². The second kappa shape index (κ2) is 8.38. The number of carbonyl (C=O) groups is 1. The van der Waals surface area contributed by atoms with Gasteiger partial charge in [0.05, 0.1) is 12.4 Å². The van der Waals surface area contributed by atoms with Crippen molar-refractivity contribution < 1.29 is 22.1 Å². The summed E-state index contributed by atoms with van der Waals surface area (Å²) in [4.78, 5) is 14.3. The Hall–Kier alpha value is -1.31. The summed E-state index contributed by atoms with van der Waals surface area (Å²) in [6.07, 6.45) is 2.87. The monoisotopic (exact) mass is 389 g/mol. The maximum atomic E-state index is 12.6. The lowest BCUT2D eigenvalue weighted by Crippen LogP contribution is -2.39. The van der Waals surface area contributed by atoms with Gasteiger partial charge in [0.15, 0.2) is 0 Å². The lowest BCUT2D eigenvalue weighted by Gasteiger charge is -2.28. The number of benzene rings is 1. The van der Waals surface area contributed by atoms with Crippen LogP contribution >= 0.6 is 11.6 Å². The Kier molecular flexibility index (Phi) is 6.71. The summed E-state index contributed by atoms with van der Waals surface area (Å²) in [6, 6.07) is 4.68. The lowest BCUT2D eigenvalue weighted by atomic mass is 10.1. The molecule has 6 nitrogen and oxygen atoms in total. The molecule has 2 rings (SSSR count). The fraction of sp³-hybridized carbons (Fsp3) is 0.588. The second-order valence-corrected chi connectivity index (χ2v) is 8.56. The van der Waals surface area contributed by atoms with Crippen molar-refractivity contribution in [1.29, 1.82) is 0 Å². The van der Waals surface area contributed by atoms with Gasteiger partial charge in [-0.15, -0.1) is 0 Å². The number of hydrogen-bond donors (Lipinski definition) is 0. The predicted molar refractivity (Wildman–Crippen MR) is 96.2 cm³/mol. The molecule has 0 N–H and O–H groups in total. The van der Waals surface area contributed by atoms with Gasteiger partial charge in [0.2, 0.25) is 5.91 Å². The quantitative estimate of drug-likeness (QED) is 0.670. The summed E-state index contributed by atoms with van der Waals surface area (Å²) in [5.74, 6) is -0.0264. The molecule has 0 saturated carbocycles. The first kappa shape index (κ1) is 20.0. The largest absolute Gasteiger partial charge is 0.382 e. The van der Waals surface area contributed by atoms with E-state index in [0.717, 1.165) is 19.1 Å². The van der Waals surface area contributed by atoms with Crippen LogP contribution in [0.15, 0.2) is 18.2 Å². The summed E-state index contributed by atoms with van der Waals surface area (Å²) in [5, 5.41) is 0.449. The van der Waals surface area contributed by atoms with E-state index in [1.165, 1.54) is 6.07 Å². The number of carbonyl (C=O) groups excluding carboxylic acids is 1. The molecule has 0 unspecified atom stereocenters. The van der Waals surface area contributed by atoms with Crippen molar-refractivity contribution in [3.8, 4) is 5.75 Å². The van der Waals surface area contributed by atoms with Crippen molar-refractivity contribution in [1.82, 2.24) is 4.90 Å². The zero-order valence-corrected chi connectivity index (χ0v) is 16.3. The highest BCUT2D eigenvalue weighted by molar-refractivity contribution is 7.86. The van der Waals surface area contributed by atoms with Crippen molar-refractivity contribution in [3.63, 3.8) is 0 Å². The van der Waals surface area contributed by atoms with Gasteiger partial charge < -0.3 is 13.8 Å². The van der Waals surface area contributed by atoms with Crippen LogP contribution in [-0.2, 0) is 26.2 Å². The van der Waals surface area contributed by atoms with E-state index < -0.39 is 10.1 Å². The minimum absolute atomic E-state index is 0.00107. The Morgan fingerprint density at radius 2 is 2.16 bits per heavy atom. The third-order valence-corrected chi connectivity index (χ3v) is 4.60. The van der Waals surface area contributed by atoms with Crippen LogP contribution in [0.5, 0.6) is 5.75 Å². The van der Waals surface area contributed by atoms with Crippen molar-refractivity contribution >= 4 is 27.6 Å². The van der Waals surface area contributed by atoms with Crippen LogP contribution < -0.4 is 4.18 Å². The number of hydrogen-bond acceptors (Lipinski definition) is 5. The highest BCUT2D eigenvalue weighted by atomic mass is 35.5. The highest BCUT2D eigenvalue weighted by Gasteiger charge is 2.25. The molecule has 0 radical (unpaired) electrons. The van der Waals surface area contributed by atoms with E-state index in [-0.39, 0.29) is 30.2 Å². The number of amides is 1. The van der Waals surface area contributed by atoms with Crippen LogP contribution in [0.4, 0.5) is 0 Å². The molecule has 0 bridgehead atoms. The van der Waals surface area contributed by atoms with E-state index in [1.54, 1.807) is 17.0 Å². The van der Waals surface area contributed by atoms with Crippen molar-refractivity contribution in [2.75, 3.05) is 19.4 Å². The van der Waals surface area contributed by atoms with Gasteiger partial charge in [0.1, 0.15) is 5.75 Å². The van der Waals surface area contributed by atoms with Gasteiger partial charge in [-0.25, -0.2) is 0 Å². The van der Waals surface area contributed by atoms with E-state index >= 15 is 0 Å². The Morgan fingerprint density at radius 3 is 2.72 bits per heavy atom. The Labute approximate surface area is 154 Å². The fourth-order valence-electron chi connectivity index (χ4n) is 2.75. The molecular formula is C17H24ClNO5S. The van der Waals surface area contributed by atoms with E-state index in [4.69, 9.17) is 20.5 Å². The molecule has 0 aromatic heterocycles. The Morgan fingerprint density at radius 1 is 1.44 bits per heavy atom. The Balaban J connectivity index is 2.27. The first-order chi connectivity index (χ1) is 11.7. The van der Waals surface area contributed by atoms with E-state index in [9.17, 15) is 13.2 Å². The third-order valence-electron chi connectivity index (χ3n) is 3.88. The highest BCUT2D eigenvalue weighted by Crippen LogP contribution is 2.27. The van der Waals surface area contributed by atoms with Crippen LogP contribution in [0.2, 0.25) is 5.02 Å². The van der Waals surface area contributed by atoms with Crippen LogP contribution in [-0.4, -0.2) is 44.7 Å². The van der Waals surface area contributed by atoms with E-state index in [2.05, 4.69) is 0 Å². The molecule has 1 aromatic rings. The minimum atomic E-state index is -3.68. The molecule has 0 spiro atoms. The van der Waals surface area contributed by atoms with E-state index in [0.29, 0.717) is 23.7 Å². The molecule has 1 aromatic carbocycles. The smallest absolute Gasteiger partial charge is 0.306 e. The average Bonchev–Trinajstić information content (AvgIpc) is 3.00. The summed E-state index contributed by atoms with van der Waals surface area (Å²) in [6.45, 7) is 5.03. The molecule has 25 heavy (non-hydrogen) atoms. The molecule has 1 aliphatic heterocycles. The minimum Gasteiger partial charge on any atom is -0.382 e. The predicted octanol–water partition coefficient (Wildman–Crippen LogP) is 2.84. The summed E-state index contributed by atoms with van der Waals surface area (Å²) in [5.41, 5.74) is 0.546. The van der Waals surface area contributed by atoms with Gasteiger partial charge in [0, 0.05) is 36.2 Å². The first-order valence-electron chi connectivity index (χ1n) is 8.24. The standard InChI is InChI=1S/C17H24ClNO5S/c1-12(2)17(20)19(11-15-5-4-8-23-15)10-13-9-14(18)6-7-16(13)24-25(3,21)22/h6-7,9,12,15H,4-5,8,10-11H2,1-3H3/t15-/m0/s1. The van der Waals surface area contributed by atoms with Crippen molar-refractivity contribution in [2.24, 2.45) is 5.92 Å². The number of rotatable bonds is 7. The van der Waals surface area contributed by atoms with Crippen LogP contribution in [0.25, 0.3) is 0 Å². The van der Waals surface area contributed by atoms with Crippen molar-refractivity contribution in [2.45, 2.75) is 39.3 Å². The van der Waals surface area contributed by atoms with Gasteiger partial charge in [0.25, 0.3) is 0 Å². The molecular weight excluding hydrogens is 366 g/mol. The molecule has 1 amide bonds. The molecule has 8 heteroatoms. The molecule has 140 valence electrons. The van der Waals surface area contributed by atoms with Crippen LogP contribution in [0.3, 0.4) is 0 Å². The SMILES string of the molecule is CC(C)C(=O)N(Cc1cc(Cl)ccc1OS(C)(=O)=O)C[C@@H]1CCCO1.